The number of carbonyl (C=O) groups excluding carboxylic acids is 1. The highest BCUT2D eigenvalue weighted by Gasteiger charge is 2.08. The smallest absolute Gasteiger partial charge is 0.161 e. The third-order valence-electron chi connectivity index (χ3n) is 1.91. The van der Waals surface area contributed by atoms with Crippen molar-refractivity contribution in [1.29, 1.82) is 0 Å². The zero-order valence-corrected chi connectivity index (χ0v) is 10.2. The second-order valence-corrected chi connectivity index (χ2v) is 5.23. The summed E-state index contributed by atoms with van der Waals surface area (Å²) in [7, 11) is 0. The third kappa shape index (κ3) is 3.52. The lowest BCUT2D eigenvalue weighted by Crippen LogP contribution is -2.01. The topological polar surface area (TPSA) is 37.3 Å². The fourth-order valence-electron chi connectivity index (χ4n) is 1.12. The van der Waals surface area contributed by atoms with Gasteiger partial charge < -0.3 is 5.11 Å². The molecule has 1 N–H and O–H groups in total. The second kappa shape index (κ2) is 5.54. The molecule has 1 unspecified atom stereocenters. The van der Waals surface area contributed by atoms with Crippen LogP contribution in [-0.4, -0.2) is 22.7 Å². The van der Waals surface area contributed by atoms with Gasteiger partial charge in [-0.25, -0.2) is 0 Å². The minimum atomic E-state index is -0.0354. The molecule has 0 bridgehead atoms. The van der Waals surface area contributed by atoms with Gasteiger partial charge in [0.2, 0.25) is 0 Å². The van der Waals surface area contributed by atoms with Crippen molar-refractivity contribution in [2.24, 2.45) is 0 Å². The van der Waals surface area contributed by atoms with Crippen LogP contribution in [0.25, 0.3) is 0 Å². The van der Waals surface area contributed by atoms with Crippen LogP contribution < -0.4 is 0 Å². The van der Waals surface area contributed by atoms with Crippen LogP contribution in [0.5, 0.6) is 0 Å². The van der Waals surface area contributed by atoms with Crippen molar-refractivity contribution in [2.75, 3.05) is 6.61 Å². The van der Waals surface area contributed by atoms with Gasteiger partial charge in [-0.2, -0.15) is 0 Å². The number of Topliss-reactive ketones (excluding diaryl/α,β-unsaturated/α-hetero) is 1. The van der Waals surface area contributed by atoms with E-state index >= 15 is 0 Å². The molecule has 0 saturated heterocycles. The van der Waals surface area contributed by atoms with Crippen LogP contribution in [0.2, 0.25) is 5.02 Å². The molecule has 0 aliphatic heterocycles. The number of hydrogen-bond acceptors (Lipinski definition) is 3. The quantitative estimate of drug-likeness (QED) is 0.654. The standard InChI is InChI=1S/C11H13ClO2S/c1-7(6-13)15-9-3-4-10(8(2)14)11(12)5-9/h3-5,7,13H,6H2,1-2H3. The molecule has 0 radical (unpaired) electrons. The van der Waals surface area contributed by atoms with Gasteiger partial charge in [0.1, 0.15) is 0 Å². The number of rotatable bonds is 4. The first-order valence-electron chi connectivity index (χ1n) is 4.62. The van der Waals surface area contributed by atoms with Gasteiger partial charge in [0.05, 0.1) is 11.6 Å². The minimum absolute atomic E-state index is 0.0354. The first-order chi connectivity index (χ1) is 7.04. The van der Waals surface area contributed by atoms with Crippen molar-refractivity contribution in [2.45, 2.75) is 24.0 Å². The Labute approximate surface area is 98.6 Å². The Morgan fingerprint density at radius 3 is 2.73 bits per heavy atom. The highest BCUT2D eigenvalue weighted by atomic mass is 35.5. The molecule has 2 nitrogen and oxygen atoms in total. The summed E-state index contributed by atoms with van der Waals surface area (Å²) < 4.78 is 0. The van der Waals surface area contributed by atoms with Crippen LogP contribution >= 0.6 is 23.4 Å². The fourth-order valence-corrected chi connectivity index (χ4v) is 2.37. The Morgan fingerprint density at radius 1 is 1.60 bits per heavy atom. The molecule has 0 spiro atoms. The molecule has 0 aliphatic rings. The molecule has 0 saturated carbocycles. The van der Waals surface area contributed by atoms with Gasteiger partial charge in [-0.15, -0.1) is 11.8 Å². The van der Waals surface area contributed by atoms with Crippen LogP contribution in [0.1, 0.15) is 24.2 Å². The maximum atomic E-state index is 11.1. The lowest BCUT2D eigenvalue weighted by atomic mass is 10.1. The number of hydrogen-bond donors (Lipinski definition) is 1. The van der Waals surface area contributed by atoms with E-state index in [9.17, 15) is 4.79 Å². The number of carbonyl (C=O) groups is 1. The van der Waals surface area contributed by atoms with Gasteiger partial charge in [0.25, 0.3) is 0 Å². The fraction of sp³-hybridized carbons (Fsp3) is 0.364. The summed E-state index contributed by atoms with van der Waals surface area (Å²) in [5.74, 6) is -0.0354. The molecular formula is C11H13ClO2S. The first-order valence-corrected chi connectivity index (χ1v) is 5.88. The van der Waals surface area contributed by atoms with E-state index in [1.54, 1.807) is 12.1 Å². The Bertz CT molecular complexity index is 366. The van der Waals surface area contributed by atoms with Crippen LogP contribution in [0.15, 0.2) is 23.1 Å². The molecule has 4 heteroatoms. The number of aliphatic hydroxyl groups is 1. The molecule has 0 fully saturated rings. The van der Waals surface area contributed by atoms with Crippen LogP contribution in [0.3, 0.4) is 0 Å². The van der Waals surface area contributed by atoms with Crippen molar-refractivity contribution < 1.29 is 9.90 Å². The van der Waals surface area contributed by atoms with E-state index in [0.717, 1.165) is 4.90 Å². The number of halogens is 1. The van der Waals surface area contributed by atoms with Crippen molar-refractivity contribution in [3.8, 4) is 0 Å². The SMILES string of the molecule is CC(=O)c1ccc(SC(C)CO)cc1Cl. The summed E-state index contributed by atoms with van der Waals surface area (Å²) in [6.45, 7) is 3.54. The molecule has 0 heterocycles. The van der Waals surface area contributed by atoms with E-state index in [2.05, 4.69) is 0 Å². The summed E-state index contributed by atoms with van der Waals surface area (Å²) in [4.78, 5) is 12.1. The number of benzene rings is 1. The second-order valence-electron chi connectivity index (χ2n) is 3.31. The Kier molecular flexibility index (Phi) is 4.64. The highest BCUT2D eigenvalue weighted by molar-refractivity contribution is 8.00. The van der Waals surface area contributed by atoms with E-state index in [1.807, 2.05) is 13.0 Å². The van der Waals surface area contributed by atoms with E-state index in [1.165, 1.54) is 18.7 Å². The molecular weight excluding hydrogens is 232 g/mol. The van der Waals surface area contributed by atoms with Crippen molar-refractivity contribution >= 4 is 29.1 Å². The van der Waals surface area contributed by atoms with Gasteiger partial charge in [0, 0.05) is 15.7 Å². The van der Waals surface area contributed by atoms with E-state index < -0.39 is 0 Å². The lowest BCUT2D eigenvalue weighted by Gasteiger charge is -2.08. The van der Waals surface area contributed by atoms with Crippen LogP contribution in [0, 0.1) is 0 Å². The maximum absolute atomic E-state index is 11.1. The average Bonchev–Trinajstić information content (AvgIpc) is 2.17. The molecule has 1 rings (SSSR count). The summed E-state index contributed by atoms with van der Waals surface area (Å²) in [5, 5.41) is 9.50. The van der Waals surface area contributed by atoms with Crippen LogP contribution in [0.4, 0.5) is 0 Å². The molecule has 1 atom stereocenters. The van der Waals surface area contributed by atoms with Gasteiger partial charge >= 0.3 is 0 Å². The molecule has 1 aromatic rings. The van der Waals surface area contributed by atoms with E-state index in [0.29, 0.717) is 10.6 Å². The predicted molar refractivity (Wildman–Crippen MR) is 63.9 cm³/mol. The lowest BCUT2D eigenvalue weighted by molar-refractivity contribution is 0.101. The maximum Gasteiger partial charge on any atom is 0.161 e. The van der Waals surface area contributed by atoms with Gasteiger partial charge in [-0.3, -0.25) is 4.79 Å². The molecule has 0 amide bonds. The zero-order valence-electron chi connectivity index (χ0n) is 8.66. The molecule has 0 aromatic heterocycles. The summed E-state index contributed by atoms with van der Waals surface area (Å²) >= 11 is 7.49. The number of aliphatic hydroxyl groups excluding tert-OH is 1. The van der Waals surface area contributed by atoms with Crippen LogP contribution in [-0.2, 0) is 0 Å². The van der Waals surface area contributed by atoms with Gasteiger partial charge in [-0.1, -0.05) is 18.5 Å². The number of ketones is 1. The molecule has 82 valence electrons. The van der Waals surface area contributed by atoms with E-state index in [-0.39, 0.29) is 17.6 Å². The molecule has 0 aliphatic carbocycles. The largest absolute Gasteiger partial charge is 0.395 e. The van der Waals surface area contributed by atoms with Crippen molar-refractivity contribution in [3.05, 3.63) is 28.8 Å². The normalized spacial score (nSPS) is 12.5. The summed E-state index contributed by atoms with van der Waals surface area (Å²) in [6.07, 6.45) is 0. The minimum Gasteiger partial charge on any atom is -0.395 e. The van der Waals surface area contributed by atoms with E-state index in [4.69, 9.17) is 16.7 Å². The molecule has 15 heavy (non-hydrogen) atoms. The van der Waals surface area contributed by atoms with Crippen molar-refractivity contribution in [1.82, 2.24) is 0 Å². The summed E-state index contributed by atoms with van der Waals surface area (Å²) in [6, 6.07) is 5.33. The average molecular weight is 245 g/mol. The Balaban J connectivity index is 2.87. The van der Waals surface area contributed by atoms with Gasteiger partial charge in [0.15, 0.2) is 5.78 Å². The molecule has 1 aromatic carbocycles. The van der Waals surface area contributed by atoms with Crippen molar-refractivity contribution in [3.63, 3.8) is 0 Å². The Hall–Kier alpha value is -0.510. The first kappa shape index (κ1) is 12.6. The van der Waals surface area contributed by atoms with Gasteiger partial charge in [-0.05, 0) is 25.1 Å². The summed E-state index contributed by atoms with van der Waals surface area (Å²) in [5.41, 5.74) is 0.540. The Morgan fingerprint density at radius 2 is 2.27 bits per heavy atom. The third-order valence-corrected chi connectivity index (χ3v) is 3.30. The number of thioether (sulfide) groups is 1. The zero-order chi connectivity index (χ0) is 11.4. The monoisotopic (exact) mass is 244 g/mol. The highest BCUT2D eigenvalue weighted by Crippen LogP contribution is 2.27. The predicted octanol–water partition coefficient (Wildman–Crippen LogP) is 3.02.